The SMILES string of the molecule is Cc1cc([N+](=O)[O-])ccc1-c1ccc(/C=N\NC(=O)c2sc(N)c(C#N)c2C)o1. The second-order valence-electron chi connectivity index (χ2n) is 6.06. The van der Waals surface area contributed by atoms with Gasteiger partial charge in [0, 0.05) is 17.7 Å². The van der Waals surface area contributed by atoms with Gasteiger partial charge in [0.05, 0.1) is 16.7 Å². The molecule has 0 fully saturated rings. The number of anilines is 1. The first-order valence-corrected chi connectivity index (χ1v) is 9.11. The lowest BCUT2D eigenvalue weighted by molar-refractivity contribution is -0.384. The average molecular weight is 409 g/mol. The van der Waals surface area contributed by atoms with E-state index in [2.05, 4.69) is 10.5 Å². The number of carbonyl (C=O) groups excluding carboxylic acids is 1. The van der Waals surface area contributed by atoms with Gasteiger partial charge in [-0.05, 0) is 43.2 Å². The van der Waals surface area contributed by atoms with E-state index in [1.807, 2.05) is 6.07 Å². The van der Waals surface area contributed by atoms with Crippen molar-refractivity contribution in [2.75, 3.05) is 5.73 Å². The maximum Gasteiger partial charge on any atom is 0.281 e. The van der Waals surface area contributed by atoms with Gasteiger partial charge < -0.3 is 10.2 Å². The Balaban J connectivity index is 1.72. The van der Waals surface area contributed by atoms with Crippen LogP contribution in [0.3, 0.4) is 0 Å². The second kappa shape index (κ2) is 7.95. The van der Waals surface area contributed by atoms with Gasteiger partial charge in [0.1, 0.15) is 27.5 Å². The number of nitrogen functional groups attached to an aromatic ring is 1. The molecule has 29 heavy (non-hydrogen) atoms. The fourth-order valence-electron chi connectivity index (χ4n) is 2.70. The highest BCUT2D eigenvalue weighted by atomic mass is 32.1. The van der Waals surface area contributed by atoms with E-state index in [1.165, 1.54) is 18.3 Å². The van der Waals surface area contributed by atoms with E-state index in [0.717, 1.165) is 11.3 Å². The minimum Gasteiger partial charge on any atom is -0.455 e. The van der Waals surface area contributed by atoms with Crippen molar-refractivity contribution in [2.24, 2.45) is 5.10 Å². The molecule has 10 heteroatoms. The molecule has 3 rings (SSSR count). The van der Waals surface area contributed by atoms with Crippen LogP contribution in [0, 0.1) is 35.3 Å². The van der Waals surface area contributed by atoms with Crippen molar-refractivity contribution in [3.63, 3.8) is 0 Å². The Morgan fingerprint density at radius 1 is 1.38 bits per heavy atom. The van der Waals surface area contributed by atoms with Crippen LogP contribution in [0.15, 0.2) is 39.9 Å². The number of furan rings is 1. The number of nitro groups is 1. The smallest absolute Gasteiger partial charge is 0.281 e. The van der Waals surface area contributed by atoms with E-state index in [9.17, 15) is 14.9 Å². The monoisotopic (exact) mass is 409 g/mol. The van der Waals surface area contributed by atoms with Gasteiger partial charge in [-0.15, -0.1) is 11.3 Å². The Morgan fingerprint density at radius 3 is 2.76 bits per heavy atom. The quantitative estimate of drug-likeness (QED) is 0.372. The largest absolute Gasteiger partial charge is 0.455 e. The topological polar surface area (TPSA) is 148 Å². The molecule has 2 heterocycles. The molecule has 3 N–H and O–H groups in total. The van der Waals surface area contributed by atoms with Crippen molar-refractivity contribution in [3.05, 3.63) is 67.8 Å². The van der Waals surface area contributed by atoms with Crippen LogP contribution in [0.25, 0.3) is 11.3 Å². The van der Waals surface area contributed by atoms with Crippen LogP contribution in [0.2, 0.25) is 0 Å². The molecule has 0 atom stereocenters. The number of non-ortho nitro benzene ring substituents is 1. The summed E-state index contributed by atoms with van der Waals surface area (Å²) in [4.78, 5) is 22.9. The predicted octanol–water partition coefficient (Wildman–Crippen LogP) is 3.75. The number of aryl methyl sites for hydroxylation is 1. The highest BCUT2D eigenvalue weighted by molar-refractivity contribution is 7.18. The molecule has 0 unspecified atom stereocenters. The summed E-state index contributed by atoms with van der Waals surface area (Å²) in [5.74, 6) is 0.429. The second-order valence-corrected chi connectivity index (χ2v) is 7.12. The summed E-state index contributed by atoms with van der Waals surface area (Å²) in [7, 11) is 0. The third kappa shape index (κ3) is 3.99. The van der Waals surface area contributed by atoms with Crippen molar-refractivity contribution < 1.29 is 14.1 Å². The normalized spacial score (nSPS) is 10.8. The zero-order chi connectivity index (χ0) is 21.1. The highest BCUT2D eigenvalue weighted by Crippen LogP contribution is 2.30. The number of benzene rings is 1. The van der Waals surface area contributed by atoms with E-state index in [0.29, 0.717) is 38.7 Å². The number of carbonyl (C=O) groups is 1. The van der Waals surface area contributed by atoms with Gasteiger partial charge in [-0.2, -0.15) is 10.4 Å². The molecule has 0 bridgehead atoms. The Hall–Kier alpha value is -3.97. The minimum absolute atomic E-state index is 0.00590. The number of nitriles is 1. The molecule has 1 amide bonds. The maximum atomic E-state index is 12.2. The summed E-state index contributed by atoms with van der Waals surface area (Å²) in [5, 5.41) is 24.0. The molecule has 9 nitrogen and oxygen atoms in total. The fourth-order valence-corrected chi connectivity index (χ4v) is 3.62. The zero-order valence-corrected chi connectivity index (χ0v) is 16.2. The molecule has 0 aliphatic carbocycles. The van der Waals surface area contributed by atoms with E-state index in [1.54, 1.807) is 32.0 Å². The van der Waals surface area contributed by atoms with Gasteiger partial charge in [-0.3, -0.25) is 14.9 Å². The van der Waals surface area contributed by atoms with Crippen molar-refractivity contribution in [3.8, 4) is 17.4 Å². The lowest BCUT2D eigenvalue weighted by atomic mass is 10.1. The molecule has 1 aromatic carbocycles. The number of nitro benzene ring substituents is 1. The first-order valence-electron chi connectivity index (χ1n) is 8.29. The summed E-state index contributed by atoms with van der Waals surface area (Å²) in [5.41, 5.74) is 10.3. The number of nitrogens with two attached hydrogens (primary N) is 1. The van der Waals surface area contributed by atoms with E-state index >= 15 is 0 Å². The van der Waals surface area contributed by atoms with Crippen LogP contribution in [-0.2, 0) is 0 Å². The van der Waals surface area contributed by atoms with E-state index in [4.69, 9.17) is 15.4 Å². The van der Waals surface area contributed by atoms with Gasteiger partial charge in [0.2, 0.25) is 0 Å². The Labute approximate surface area is 169 Å². The standard InChI is InChI=1S/C19H15N5O4S/c1-10-7-12(24(26)27)3-5-14(10)16-6-4-13(28-16)9-22-23-19(25)17-11(2)15(8-20)18(21)29-17/h3-7,9H,21H2,1-2H3,(H,23,25)/b22-9-. The summed E-state index contributed by atoms with van der Waals surface area (Å²) >= 11 is 1.02. The van der Waals surface area contributed by atoms with Crippen LogP contribution in [0.5, 0.6) is 0 Å². The number of amides is 1. The lowest BCUT2D eigenvalue weighted by Gasteiger charge is -2.02. The van der Waals surface area contributed by atoms with Crippen LogP contribution in [-0.4, -0.2) is 17.0 Å². The lowest BCUT2D eigenvalue weighted by Crippen LogP contribution is -2.17. The highest BCUT2D eigenvalue weighted by Gasteiger charge is 2.18. The summed E-state index contributed by atoms with van der Waals surface area (Å²) in [6.45, 7) is 3.40. The number of hydrogen-bond donors (Lipinski definition) is 2. The number of nitrogens with zero attached hydrogens (tertiary/aromatic N) is 3. The molecular weight excluding hydrogens is 394 g/mol. The van der Waals surface area contributed by atoms with E-state index in [-0.39, 0.29) is 10.7 Å². The number of thiophene rings is 1. The molecule has 2 aromatic heterocycles. The molecule has 0 aliphatic rings. The van der Waals surface area contributed by atoms with Gasteiger partial charge in [-0.25, -0.2) is 5.43 Å². The fraction of sp³-hybridized carbons (Fsp3) is 0.105. The Kier molecular flexibility index (Phi) is 5.43. The van der Waals surface area contributed by atoms with Crippen LogP contribution in [0.1, 0.15) is 32.1 Å². The van der Waals surface area contributed by atoms with Gasteiger partial charge in [0.25, 0.3) is 11.6 Å². The van der Waals surface area contributed by atoms with Crippen molar-refractivity contribution in [2.45, 2.75) is 13.8 Å². The molecule has 0 radical (unpaired) electrons. The van der Waals surface area contributed by atoms with Crippen LogP contribution < -0.4 is 11.2 Å². The predicted molar refractivity (Wildman–Crippen MR) is 109 cm³/mol. The number of rotatable bonds is 5. The molecule has 0 saturated heterocycles. The number of hydrogen-bond acceptors (Lipinski definition) is 8. The Morgan fingerprint density at radius 2 is 2.14 bits per heavy atom. The number of hydrazone groups is 1. The van der Waals surface area contributed by atoms with Crippen molar-refractivity contribution in [1.82, 2.24) is 5.43 Å². The first-order chi connectivity index (χ1) is 13.8. The van der Waals surface area contributed by atoms with Gasteiger partial charge >= 0.3 is 0 Å². The van der Waals surface area contributed by atoms with Crippen LogP contribution in [0.4, 0.5) is 10.7 Å². The van der Waals surface area contributed by atoms with Gasteiger partial charge in [0.15, 0.2) is 0 Å². The average Bonchev–Trinajstić information content (AvgIpc) is 3.25. The third-order valence-electron chi connectivity index (χ3n) is 4.16. The molecule has 0 spiro atoms. The summed E-state index contributed by atoms with van der Waals surface area (Å²) < 4.78 is 5.67. The zero-order valence-electron chi connectivity index (χ0n) is 15.4. The summed E-state index contributed by atoms with van der Waals surface area (Å²) in [6, 6.07) is 9.83. The molecular formula is C19H15N5O4S. The molecule has 0 saturated carbocycles. The van der Waals surface area contributed by atoms with Gasteiger partial charge in [-0.1, -0.05) is 0 Å². The van der Waals surface area contributed by atoms with Crippen molar-refractivity contribution in [1.29, 1.82) is 5.26 Å². The van der Waals surface area contributed by atoms with Crippen molar-refractivity contribution >= 4 is 34.1 Å². The first kappa shape index (κ1) is 19.8. The summed E-state index contributed by atoms with van der Waals surface area (Å²) in [6.07, 6.45) is 1.33. The minimum atomic E-state index is -0.477. The van der Waals surface area contributed by atoms with Crippen LogP contribution >= 0.6 is 11.3 Å². The molecule has 3 aromatic rings. The molecule has 0 aliphatic heterocycles. The Bertz CT molecular complexity index is 1190. The maximum absolute atomic E-state index is 12.2. The molecule has 146 valence electrons. The third-order valence-corrected chi connectivity index (χ3v) is 5.28. The van der Waals surface area contributed by atoms with E-state index < -0.39 is 10.8 Å². The number of nitrogens with one attached hydrogen (secondary N) is 1.